The third kappa shape index (κ3) is 2.93. The topological polar surface area (TPSA) is 24.5 Å². The molecule has 0 aliphatic carbocycles. The summed E-state index contributed by atoms with van der Waals surface area (Å²) in [6.45, 7) is 7.85. The first-order chi connectivity index (χ1) is 6.45. The Bertz CT molecular complexity index is 124. The zero-order chi connectivity index (χ0) is 8.93. The molecule has 2 fully saturated rings. The van der Waals surface area contributed by atoms with Crippen LogP contribution in [0.3, 0.4) is 0 Å². The highest BCUT2D eigenvalue weighted by Crippen LogP contribution is 2.12. The van der Waals surface area contributed by atoms with Gasteiger partial charge in [-0.2, -0.15) is 0 Å². The third-order valence-electron chi connectivity index (χ3n) is 3.02. The number of nitrogens with zero attached hydrogens (tertiary/aromatic N) is 1. The van der Waals surface area contributed by atoms with Gasteiger partial charge >= 0.3 is 0 Å². The second-order valence-electron chi connectivity index (χ2n) is 4.13. The van der Waals surface area contributed by atoms with Crippen LogP contribution in [0.1, 0.15) is 12.8 Å². The van der Waals surface area contributed by atoms with Crippen LogP contribution in [0.25, 0.3) is 0 Å². The Labute approximate surface area is 80.4 Å². The van der Waals surface area contributed by atoms with Crippen molar-refractivity contribution in [3.63, 3.8) is 0 Å². The molecule has 13 heavy (non-hydrogen) atoms. The fourth-order valence-electron chi connectivity index (χ4n) is 2.23. The van der Waals surface area contributed by atoms with E-state index in [1.165, 1.54) is 32.5 Å². The van der Waals surface area contributed by atoms with Gasteiger partial charge in [0.05, 0.1) is 13.2 Å². The first-order valence-corrected chi connectivity index (χ1v) is 5.46. The van der Waals surface area contributed by atoms with Crippen molar-refractivity contribution in [1.29, 1.82) is 0 Å². The minimum absolute atomic E-state index is 0.881. The standard InChI is InChI=1S/C10H20N2O/c1-2-10(8-11-3-1)9-12-4-6-13-7-5-12/h10-11H,1-9H2. The minimum Gasteiger partial charge on any atom is -0.379 e. The zero-order valence-corrected chi connectivity index (χ0v) is 8.30. The molecule has 2 heterocycles. The van der Waals surface area contributed by atoms with E-state index in [2.05, 4.69) is 10.2 Å². The van der Waals surface area contributed by atoms with Crippen LogP contribution in [-0.2, 0) is 4.74 Å². The molecule has 3 nitrogen and oxygen atoms in total. The summed E-state index contributed by atoms with van der Waals surface area (Å²) in [7, 11) is 0. The molecule has 3 heteroatoms. The Morgan fingerprint density at radius 1 is 1.31 bits per heavy atom. The van der Waals surface area contributed by atoms with Crippen molar-refractivity contribution in [3.8, 4) is 0 Å². The molecule has 0 bridgehead atoms. The predicted octanol–water partition coefficient (Wildman–Crippen LogP) is 0.318. The minimum atomic E-state index is 0.881. The van der Waals surface area contributed by atoms with E-state index in [0.717, 1.165) is 32.2 Å². The molecule has 0 amide bonds. The first kappa shape index (κ1) is 9.44. The van der Waals surface area contributed by atoms with Crippen molar-refractivity contribution in [3.05, 3.63) is 0 Å². The summed E-state index contributed by atoms with van der Waals surface area (Å²) in [6.07, 6.45) is 2.76. The van der Waals surface area contributed by atoms with Gasteiger partial charge in [-0.15, -0.1) is 0 Å². The predicted molar refractivity (Wildman–Crippen MR) is 52.9 cm³/mol. The molecule has 1 atom stereocenters. The molecule has 2 saturated heterocycles. The third-order valence-corrected chi connectivity index (χ3v) is 3.02. The van der Waals surface area contributed by atoms with Crippen molar-refractivity contribution in [2.24, 2.45) is 5.92 Å². The summed E-state index contributed by atoms with van der Waals surface area (Å²) >= 11 is 0. The van der Waals surface area contributed by atoms with Crippen LogP contribution in [-0.4, -0.2) is 50.8 Å². The van der Waals surface area contributed by atoms with E-state index in [4.69, 9.17) is 4.74 Å². The van der Waals surface area contributed by atoms with Gasteiger partial charge in [-0.1, -0.05) is 0 Å². The molecular weight excluding hydrogens is 164 g/mol. The highest BCUT2D eigenvalue weighted by molar-refractivity contribution is 4.73. The summed E-state index contributed by atoms with van der Waals surface area (Å²) in [5, 5.41) is 3.47. The van der Waals surface area contributed by atoms with Gasteiger partial charge in [0.15, 0.2) is 0 Å². The van der Waals surface area contributed by atoms with Crippen molar-refractivity contribution < 1.29 is 4.74 Å². The SMILES string of the molecule is C1CNCC(CN2CCOCC2)C1. The van der Waals surface area contributed by atoms with Gasteiger partial charge in [-0.25, -0.2) is 0 Å². The van der Waals surface area contributed by atoms with Crippen LogP contribution in [0.15, 0.2) is 0 Å². The second-order valence-corrected chi connectivity index (χ2v) is 4.13. The lowest BCUT2D eigenvalue weighted by Gasteiger charge is -2.32. The second kappa shape index (κ2) is 4.94. The molecule has 1 unspecified atom stereocenters. The number of ether oxygens (including phenoxy) is 1. The normalized spacial score (nSPS) is 31.8. The Hall–Kier alpha value is -0.120. The molecule has 0 radical (unpaired) electrons. The smallest absolute Gasteiger partial charge is 0.0594 e. The summed E-state index contributed by atoms with van der Waals surface area (Å²) in [4.78, 5) is 2.54. The Morgan fingerprint density at radius 3 is 2.85 bits per heavy atom. The van der Waals surface area contributed by atoms with Crippen LogP contribution in [0.4, 0.5) is 0 Å². The van der Waals surface area contributed by atoms with E-state index in [-0.39, 0.29) is 0 Å². The number of morpholine rings is 1. The Balaban J connectivity index is 1.69. The molecule has 0 saturated carbocycles. The highest BCUT2D eigenvalue weighted by Gasteiger charge is 2.18. The number of rotatable bonds is 2. The van der Waals surface area contributed by atoms with Crippen LogP contribution in [0.2, 0.25) is 0 Å². The first-order valence-electron chi connectivity index (χ1n) is 5.46. The maximum Gasteiger partial charge on any atom is 0.0594 e. The van der Waals surface area contributed by atoms with E-state index in [1.54, 1.807) is 0 Å². The molecule has 2 aliphatic rings. The summed E-state index contributed by atoms with van der Waals surface area (Å²) in [6, 6.07) is 0. The molecule has 76 valence electrons. The number of nitrogens with one attached hydrogen (secondary N) is 1. The van der Waals surface area contributed by atoms with E-state index in [1.807, 2.05) is 0 Å². The van der Waals surface area contributed by atoms with Crippen molar-refractivity contribution in [2.75, 3.05) is 45.9 Å². The van der Waals surface area contributed by atoms with Crippen molar-refractivity contribution in [2.45, 2.75) is 12.8 Å². The zero-order valence-electron chi connectivity index (χ0n) is 8.30. The average Bonchev–Trinajstić information content (AvgIpc) is 2.21. The molecule has 0 aromatic carbocycles. The van der Waals surface area contributed by atoms with Crippen molar-refractivity contribution in [1.82, 2.24) is 10.2 Å². The molecule has 0 aromatic heterocycles. The summed E-state index contributed by atoms with van der Waals surface area (Å²) in [5.74, 6) is 0.881. The molecule has 1 N–H and O–H groups in total. The van der Waals surface area contributed by atoms with Crippen LogP contribution < -0.4 is 5.32 Å². The molecule has 0 spiro atoms. The highest BCUT2D eigenvalue weighted by atomic mass is 16.5. The van der Waals surface area contributed by atoms with Gasteiger partial charge in [0.1, 0.15) is 0 Å². The molecular formula is C10H20N2O. The number of hydrogen-bond donors (Lipinski definition) is 1. The summed E-state index contributed by atoms with van der Waals surface area (Å²) < 4.78 is 5.33. The van der Waals surface area contributed by atoms with Gasteiger partial charge in [0.2, 0.25) is 0 Å². The largest absolute Gasteiger partial charge is 0.379 e. The maximum absolute atomic E-state index is 5.33. The molecule has 2 rings (SSSR count). The fraction of sp³-hybridized carbons (Fsp3) is 1.00. The van der Waals surface area contributed by atoms with Gasteiger partial charge in [0, 0.05) is 19.6 Å². The van der Waals surface area contributed by atoms with Crippen LogP contribution >= 0.6 is 0 Å². The maximum atomic E-state index is 5.33. The fourth-order valence-corrected chi connectivity index (χ4v) is 2.23. The lowest BCUT2D eigenvalue weighted by atomic mass is 9.99. The quantitative estimate of drug-likeness (QED) is 0.669. The lowest BCUT2D eigenvalue weighted by Crippen LogP contribution is -2.43. The monoisotopic (exact) mass is 184 g/mol. The van der Waals surface area contributed by atoms with E-state index in [0.29, 0.717) is 0 Å². The number of piperidine rings is 1. The summed E-state index contributed by atoms with van der Waals surface area (Å²) in [5.41, 5.74) is 0. The van der Waals surface area contributed by atoms with Crippen molar-refractivity contribution >= 4 is 0 Å². The van der Waals surface area contributed by atoms with E-state index >= 15 is 0 Å². The molecule has 2 aliphatic heterocycles. The van der Waals surface area contributed by atoms with Crippen LogP contribution in [0.5, 0.6) is 0 Å². The van der Waals surface area contributed by atoms with Gasteiger partial charge in [-0.3, -0.25) is 4.90 Å². The van der Waals surface area contributed by atoms with Gasteiger partial charge < -0.3 is 10.1 Å². The number of hydrogen-bond acceptors (Lipinski definition) is 3. The Kier molecular flexibility index (Phi) is 3.58. The average molecular weight is 184 g/mol. The Morgan fingerprint density at radius 2 is 2.15 bits per heavy atom. The van der Waals surface area contributed by atoms with Gasteiger partial charge in [0.25, 0.3) is 0 Å². The van der Waals surface area contributed by atoms with E-state index < -0.39 is 0 Å². The van der Waals surface area contributed by atoms with Crippen LogP contribution in [0, 0.1) is 5.92 Å². The molecule has 0 aromatic rings. The van der Waals surface area contributed by atoms with Gasteiger partial charge in [-0.05, 0) is 31.8 Å². The lowest BCUT2D eigenvalue weighted by molar-refractivity contribution is 0.0289. The van der Waals surface area contributed by atoms with E-state index in [9.17, 15) is 0 Å².